The Morgan fingerprint density at radius 2 is 1.67 bits per heavy atom. The summed E-state index contributed by atoms with van der Waals surface area (Å²) < 4.78 is 5.37. The van der Waals surface area contributed by atoms with Crippen molar-refractivity contribution in [2.45, 2.75) is 32.8 Å². The van der Waals surface area contributed by atoms with Gasteiger partial charge in [-0.3, -0.25) is 19.8 Å². The summed E-state index contributed by atoms with van der Waals surface area (Å²) >= 11 is 6.24. The fourth-order valence-electron chi connectivity index (χ4n) is 3.25. The lowest BCUT2D eigenvalue weighted by Crippen LogP contribution is -2.51. The van der Waals surface area contributed by atoms with Gasteiger partial charge in [-0.15, -0.1) is 0 Å². The number of ether oxygens (including phenoxy) is 1. The highest BCUT2D eigenvalue weighted by atomic mass is 35.5. The Morgan fingerprint density at radius 3 is 2.27 bits per heavy atom. The topological polar surface area (TPSA) is 99.3 Å². The van der Waals surface area contributed by atoms with Crippen LogP contribution in [0.3, 0.4) is 0 Å². The molecule has 0 spiro atoms. The summed E-state index contributed by atoms with van der Waals surface area (Å²) in [6.45, 7) is 7.10. The monoisotopic (exact) mass is 436 g/mol. The Kier molecular flexibility index (Phi) is 6.21. The molecule has 1 aromatic carbocycles. The summed E-state index contributed by atoms with van der Waals surface area (Å²) in [5, 5.41) is 2.55. The van der Waals surface area contributed by atoms with Crippen molar-refractivity contribution in [1.29, 1.82) is 0 Å². The lowest BCUT2D eigenvalue weighted by Gasteiger charge is -2.35. The van der Waals surface area contributed by atoms with Crippen LogP contribution in [0.25, 0.3) is 0 Å². The van der Waals surface area contributed by atoms with Gasteiger partial charge < -0.3 is 14.5 Å². The molecular formula is C20H25ClN4O5. The Hall–Kier alpha value is -2.81. The number of benzene rings is 1. The SMILES string of the molecule is CC(C)(C)OC(=O)N1CCN(C(=O)c2ccc(Cl)c(N3CCC(=O)NC3=O)c2)CC1. The summed E-state index contributed by atoms with van der Waals surface area (Å²) in [5.41, 5.74) is 0.180. The molecule has 0 bridgehead atoms. The van der Waals surface area contributed by atoms with E-state index in [1.165, 1.54) is 4.90 Å². The van der Waals surface area contributed by atoms with Gasteiger partial charge in [0.1, 0.15) is 5.60 Å². The van der Waals surface area contributed by atoms with Crippen LogP contribution in [0.5, 0.6) is 0 Å². The van der Waals surface area contributed by atoms with Crippen molar-refractivity contribution in [2.75, 3.05) is 37.6 Å². The predicted octanol–water partition coefficient (Wildman–Crippen LogP) is 2.48. The molecule has 2 fully saturated rings. The number of halogens is 1. The van der Waals surface area contributed by atoms with Crippen molar-refractivity contribution in [1.82, 2.24) is 15.1 Å². The van der Waals surface area contributed by atoms with E-state index in [1.807, 2.05) is 0 Å². The van der Waals surface area contributed by atoms with E-state index in [1.54, 1.807) is 48.8 Å². The summed E-state index contributed by atoms with van der Waals surface area (Å²) in [4.78, 5) is 53.2. The smallest absolute Gasteiger partial charge is 0.410 e. The molecule has 162 valence electrons. The van der Waals surface area contributed by atoms with Crippen LogP contribution in [-0.2, 0) is 9.53 Å². The van der Waals surface area contributed by atoms with Gasteiger partial charge in [0.15, 0.2) is 0 Å². The summed E-state index contributed by atoms with van der Waals surface area (Å²) in [7, 11) is 0. The van der Waals surface area contributed by atoms with Crippen molar-refractivity contribution in [3.05, 3.63) is 28.8 Å². The standard InChI is InChI=1S/C20H25ClN4O5/c1-20(2,3)30-19(29)24-10-8-23(9-11-24)17(27)13-4-5-14(21)15(12-13)25-7-6-16(26)22-18(25)28/h4-5,12H,6-11H2,1-3H3,(H,22,26,28). The molecule has 2 heterocycles. The third kappa shape index (κ3) is 5.02. The van der Waals surface area contributed by atoms with Gasteiger partial charge in [-0.25, -0.2) is 9.59 Å². The van der Waals surface area contributed by atoms with Crippen molar-refractivity contribution < 1.29 is 23.9 Å². The molecule has 30 heavy (non-hydrogen) atoms. The molecule has 9 nitrogen and oxygen atoms in total. The number of imide groups is 1. The number of hydrogen-bond acceptors (Lipinski definition) is 5. The molecule has 2 aliphatic rings. The lowest BCUT2D eigenvalue weighted by atomic mass is 10.1. The number of anilines is 1. The van der Waals surface area contributed by atoms with E-state index in [4.69, 9.17) is 16.3 Å². The quantitative estimate of drug-likeness (QED) is 0.767. The molecule has 2 saturated heterocycles. The number of hydrogen-bond donors (Lipinski definition) is 1. The van der Waals surface area contributed by atoms with Crippen LogP contribution < -0.4 is 10.2 Å². The van der Waals surface area contributed by atoms with Crippen molar-refractivity contribution in [3.63, 3.8) is 0 Å². The third-order valence-electron chi connectivity index (χ3n) is 4.76. The normalized spacial score (nSPS) is 17.7. The molecule has 2 aliphatic heterocycles. The second-order valence-corrected chi connectivity index (χ2v) is 8.59. The Morgan fingerprint density at radius 1 is 1.03 bits per heavy atom. The van der Waals surface area contributed by atoms with Crippen LogP contribution in [0.15, 0.2) is 18.2 Å². The number of nitrogens with one attached hydrogen (secondary N) is 1. The molecule has 5 amide bonds. The highest BCUT2D eigenvalue weighted by Crippen LogP contribution is 2.29. The van der Waals surface area contributed by atoms with Gasteiger partial charge in [0.25, 0.3) is 5.91 Å². The third-order valence-corrected chi connectivity index (χ3v) is 5.08. The summed E-state index contributed by atoms with van der Waals surface area (Å²) in [6, 6.07) is 4.15. The van der Waals surface area contributed by atoms with Gasteiger partial charge in [0.2, 0.25) is 5.91 Å². The molecule has 1 N–H and O–H groups in total. The molecule has 0 aliphatic carbocycles. The molecule has 3 rings (SSSR count). The number of rotatable bonds is 2. The fraction of sp³-hybridized carbons (Fsp3) is 0.500. The zero-order chi connectivity index (χ0) is 22.1. The fourth-order valence-corrected chi connectivity index (χ4v) is 3.47. The molecule has 1 aromatic rings. The number of piperazine rings is 1. The van der Waals surface area contributed by atoms with Gasteiger partial charge >= 0.3 is 12.1 Å². The van der Waals surface area contributed by atoms with E-state index < -0.39 is 17.7 Å². The van der Waals surface area contributed by atoms with Crippen LogP contribution in [0.1, 0.15) is 37.6 Å². The van der Waals surface area contributed by atoms with E-state index in [9.17, 15) is 19.2 Å². The zero-order valence-electron chi connectivity index (χ0n) is 17.2. The minimum absolute atomic E-state index is 0.160. The average Bonchev–Trinajstić information content (AvgIpc) is 2.67. The maximum absolute atomic E-state index is 13.0. The number of carbonyl (C=O) groups excluding carboxylic acids is 4. The average molecular weight is 437 g/mol. The first kappa shape index (κ1) is 21.9. The molecule has 0 unspecified atom stereocenters. The number of carbonyl (C=O) groups is 4. The predicted molar refractivity (Wildman–Crippen MR) is 111 cm³/mol. The van der Waals surface area contributed by atoms with Crippen molar-refractivity contribution >= 4 is 41.2 Å². The highest BCUT2D eigenvalue weighted by molar-refractivity contribution is 6.34. The van der Waals surface area contributed by atoms with Crippen molar-refractivity contribution in [2.24, 2.45) is 0 Å². The van der Waals surface area contributed by atoms with E-state index in [2.05, 4.69) is 5.32 Å². The van der Waals surface area contributed by atoms with E-state index in [0.717, 1.165) is 0 Å². The number of nitrogens with zero attached hydrogens (tertiary/aromatic N) is 3. The second kappa shape index (κ2) is 8.51. The van der Waals surface area contributed by atoms with E-state index in [-0.39, 0.29) is 24.8 Å². The molecule has 0 saturated carbocycles. The first-order valence-electron chi connectivity index (χ1n) is 9.73. The van der Waals surface area contributed by atoms with Gasteiger partial charge in [0, 0.05) is 44.7 Å². The molecule has 0 atom stereocenters. The van der Waals surface area contributed by atoms with E-state index >= 15 is 0 Å². The zero-order valence-corrected chi connectivity index (χ0v) is 18.0. The van der Waals surface area contributed by atoms with Gasteiger partial charge in [-0.1, -0.05) is 11.6 Å². The first-order valence-corrected chi connectivity index (χ1v) is 10.1. The Bertz CT molecular complexity index is 874. The minimum atomic E-state index is -0.574. The Labute approximate surface area is 179 Å². The Balaban J connectivity index is 1.67. The van der Waals surface area contributed by atoms with Crippen LogP contribution in [0.2, 0.25) is 5.02 Å². The number of amides is 5. The molecule has 10 heteroatoms. The van der Waals surface area contributed by atoms with Gasteiger partial charge in [0.05, 0.1) is 10.7 Å². The lowest BCUT2D eigenvalue weighted by molar-refractivity contribution is -0.120. The van der Waals surface area contributed by atoms with Gasteiger partial charge in [-0.05, 0) is 39.0 Å². The van der Waals surface area contributed by atoms with Crippen LogP contribution in [0, 0.1) is 0 Å². The van der Waals surface area contributed by atoms with Crippen LogP contribution in [-0.4, -0.2) is 72.1 Å². The van der Waals surface area contributed by atoms with E-state index in [0.29, 0.717) is 42.5 Å². The largest absolute Gasteiger partial charge is 0.444 e. The van der Waals surface area contributed by atoms with Gasteiger partial charge in [-0.2, -0.15) is 0 Å². The minimum Gasteiger partial charge on any atom is -0.444 e. The maximum atomic E-state index is 13.0. The highest BCUT2D eigenvalue weighted by Gasteiger charge is 2.30. The second-order valence-electron chi connectivity index (χ2n) is 8.18. The number of urea groups is 1. The molecule has 0 aromatic heterocycles. The van der Waals surface area contributed by atoms with Crippen molar-refractivity contribution in [3.8, 4) is 0 Å². The van der Waals surface area contributed by atoms with Crippen LogP contribution in [0.4, 0.5) is 15.3 Å². The van der Waals surface area contributed by atoms with Crippen LogP contribution >= 0.6 is 11.6 Å². The summed E-state index contributed by atoms with van der Waals surface area (Å²) in [5.74, 6) is -0.562. The first-order chi connectivity index (χ1) is 14.0. The molecule has 0 radical (unpaired) electrons. The maximum Gasteiger partial charge on any atom is 0.410 e. The molecular weight excluding hydrogens is 412 g/mol. The summed E-state index contributed by atoms with van der Waals surface area (Å²) in [6.07, 6.45) is -0.235.